The van der Waals surface area contributed by atoms with Crippen LogP contribution in [-0.4, -0.2) is 19.8 Å². The minimum absolute atomic E-state index is 0.0294. The van der Waals surface area contributed by atoms with Crippen molar-refractivity contribution in [1.29, 1.82) is 0 Å². The largest absolute Gasteiger partial charge is 0.488 e. The summed E-state index contributed by atoms with van der Waals surface area (Å²) in [4.78, 5) is 12.4. The highest BCUT2D eigenvalue weighted by Gasteiger charge is 2.14. The summed E-state index contributed by atoms with van der Waals surface area (Å²) < 4.78 is 30.7. The Morgan fingerprint density at radius 1 is 1.00 bits per heavy atom. The van der Waals surface area contributed by atoms with E-state index in [0.29, 0.717) is 30.8 Å². The molecule has 0 saturated carbocycles. The van der Waals surface area contributed by atoms with Crippen LogP contribution in [0.5, 0.6) is 5.75 Å². The predicted molar refractivity (Wildman–Crippen MR) is 121 cm³/mol. The highest BCUT2D eigenvalue weighted by molar-refractivity contribution is 5.83. The molecule has 2 aromatic carbocycles. The van der Waals surface area contributed by atoms with Crippen molar-refractivity contribution < 1.29 is 18.3 Å². The molecule has 0 bridgehead atoms. The molecule has 0 fully saturated rings. The first-order valence-corrected chi connectivity index (χ1v) is 10.8. The molecule has 0 atom stereocenters. The third-order valence-corrected chi connectivity index (χ3v) is 5.09. The number of fused-ring (bicyclic) bond motifs is 1. The van der Waals surface area contributed by atoms with Crippen molar-refractivity contribution in [3.05, 3.63) is 87.7 Å². The second-order valence-electron chi connectivity index (χ2n) is 7.31. The van der Waals surface area contributed by atoms with Gasteiger partial charge in [0.15, 0.2) is 11.6 Å². The van der Waals surface area contributed by atoms with E-state index in [4.69, 9.17) is 13.9 Å². The molecule has 31 heavy (non-hydrogen) atoms. The molecule has 0 amide bonds. The summed E-state index contributed by atoms with van der Waals surface area (Å²) in [5.74, 6) is -0.122. The zero-order chi connectivity index (χ0) is 22.1. The smallest absolute Gasteiger partial charge is 0.346 e. The van der Waals surface area contributed by atoms with Gasteiger partial charge in [-0.05, 0) is 61.8 Å². The molecule has 4 nitrogen and oxygen atoms in total. The second-order valence-corrected chi connectivity index (χ2v) is 7.31. The highest BCUT2D eigenvalue weighted by atomic mass is 19.1. The minimum Gasteiger partial charge on any atom is -0.488 e. The molecule has 5 heteroatoms. The zero-order valence-electron chi connectivity index (χ0n) is 18.2. The van der Waals surface area contributed by atoms with Gasteiger partial charge in [0.2, 0.25) is 0 Å². The first-order valence-electron chi connectivity index (χ1n) is 10.8. The summed E-state index contributed by atoms with van der Waals surface area (Å²) in [5, 5.41) is 0.434. The lowest BCUT2D eigenvalue weighted by Gasteiger charge is -2.09. The van der Waals surface area contributed by atoms with Crippen molar-refractivity contribution >= 4 is 10.8 Å². The molecular weight excluding hydrogens is 395 g/mol. The van der Waals surface area contributed by atoms with Crippen molar-refractivity contribution in [3.8, 4) is 5.75 Å². The molecule has 3 rings (SSSR count). The molecule has 0 aliphatic heterocycles. The Kier molecular flexibility index (Phi) is 8.42. The van der Waals surface area contributed by atoms with Gasteiger partial charge in [-0.15, -0.1) is 0 Å². The Bertz CT molecular complexity index is 1070. The van der Waals surface area contributed by atoms with Crippen molar-refractivity contribution in [3.63, 3.8) is 0 Å². The topological polar surface area (TPSA) is 48.7 Å². The number of allylic oxidation sites excluding steroid dienone is 2. The number of aryl methyl sites for hydroxylation is 3. The maximum atomic E-state index is 14.7. The minimum atomic E-state index is -0.692. The molecule has 0 unspecified atom stereocenters. The summed E-state index contributed by atoms with van der Waals surface area (Å²) >= 11 is 0. The van der Waals surface area contributed by atoms with E-state index in [1.54, 1.807) is 18.2 Å². The average Bonchev–Trinajstić information content (AvgIpc) is 2.77. The van der Waals surface area contributed by atoms with Crippen molar-refractivity contribution in [2.45, 2.75) is 39.5 Å². The molecule has 0 aliphatic carbocycles. The van der Waals surface area contributed by atoms with Gasteiger partial charge in [-0.3, -0.25) is 0 Å². The average molecular weight is 425 g/mol. The third-order valence-electron chi connectivity index (χ3n) is 5.09. The summed E-state index contributed by atoms with van der Waals surface area (Å²) in [6, 6.07) is 13.4. The fraction of sp³-hybridized carbons (Fsp3) is 0.346. The van der Waals surface area contributed by atoms with E-state index in [9.17, 15) is 9.18 Å². The molecule has 0 radical (unpaired) electrons. The van der Waals surface area contributed by atoms with E-state index in [-0.39, 0.29) is 17.7 Å². The van der Waals surface area contributed by atoms with Crippen LogP contribution in [0.3, 0.4) is 0 Å². The summed E-state index contributed by atoms with van der Waals surface area (Å²) in [6.07, 6.45) is 7.59. The van der Waals surface area contributed by atoms with E-state index >= 15 is 0 Å². The van der Waals surface area contributed by atoms with Gasteiger partial charge < -0.3 is 13.9 Å². The fourth-order valence-electron chi connectivity index (χ4n) is 3.42. The molecule has 0 aliphatic rings. The van der Waals surface area contributed by atoms with Crippen LogP contribution in [0.4, 0.5) is 4.39 Å². The first-order chi connectivity index (χ1) is 15.1. The van der Waals surface area contributed by atoms with E-state index in [1.807, 2.05) is 13.8 Å². The first kappa shape index (κ1) is 22.8. The van der Waals surface area contributed by atoms with Crippen LogP contribution >= 0.6 is 0 Å². The van der Waals surface area contributed by atoms with Crippen molar-refractivity contribution in [2.75, 3.05) is 19.8 Å². The zero-order valence-corrected chi connectivity index (χ0v) is 18.2. The Balaban J connectivity index is 1.67. The van der Waals surface area contributed by atoms with E-state index < -0.39 is 11.4 Å². The van der Waals surface area contributed by atoms with Crippen LogP contribution in [0.25, 0.3) is 10.8 Å². The fourth-order valence-corrected chi connectivity index (χ4v) is 3.42. The SMILES string of the molecule is C/C=C/CCc1ccc(CCc2cc3ccc(OCCOCC)c(F)c3c(=O)o2)cc1. The van der Waals surface area contributed by atoms with Gasteiger partial charge in [0.25, 0.3) is 0 Å². The molecule has 3 aromatic rings. The highest BCUT2D eigenvalue weighted by Crippen LogP contribution is 2.25. The lowest BCUT2D eigenvalue weighted by Crippen LogP contribution is -2.10. The Hall–Kier alpha value is -2.92. The Morgan fingerprint density at radius 3 is 2.45 bits per heavy atom. The van der Waals surface area contributed by atoms with Crippen molar-refractivity contribution in [1.82, 2.24) is 0 Å². The standard InChI is InChI=1S/C26H29FO4/c1-3-5-6-7-19-8-10-20(11-9-19)12-14-22-18-21-13-15-23(30-17-16-29-4-2)25(27)24(21)26(28)31-22/h3,5,8-11,13,15,18H,4,6-7,12,14,16-17H2,1-2H3/b5-3+. The Labute approximate surface area is 182 Å². The quantitative estimate of drug-likeness (QED) is 0.295. The number of hydrogen-bond acceptors (Lipinski definition) is 4. The maximum absolute atomic E-state index is 14.7. The van der Waals surface area contributed by atoms with Gasteiger partial charge in [0, 0.05) is 13.0 Å². The molecule has 0 N–H and O–H groups in total. The molecule has 1 heterocycles. The monoisotopic (exact) mass is 424 g/mol. The van der Waals surface area contributed by atoms with Crippen LogP contribution in [0.2, 0.25) is 0 Å². The maximum Gasteiger partial charge on any atom is 0.346 e. The third kappa shape index (κ3) is 6.28. The van der Waals surface area contributed by atoms with Crippen molar-refractivity contribution in [2.24, 2.45) is 0 Å². The van der Waals surface area contributed by atoms with Gasteiger partial charge in [-0.25, -0.2) is 9.18 Å². The summed E-state index contributed by atoms with van der Waals surface area (Å²) in [5.41, 5.74) is 1.79. The second kappa shape index (κ2) is 11.5. The number of hydrogen-bond donors (Lipinski definition) is 0. The van der Waals surface area contributed by atoms with Gasteiger partial charge in [-0.2, -0.15) is 0 Å². The van der Waals surface area contributed by atoms with Gasteiger partial charge in [0.05, 0.1) is 6.61 Å². The number of halogens is 1. The van der Waals surface area contributed by atoms with E-state index in [2.05, 4.69) is 36.4 Å². The van der Waals surface area contributed by atoms with Crippen LogP contribution in [0.15, 0.2) is 63.8 Å². The lowest BCUT2D eigenvalue weighted by atomic mass is 10.0. The van der Waals surface area contributed by atoms with E-state index in [0.717, 1.165) is 19.3 Å². The van der Waals surface area contributed by atoms with Gasteiger partial charge in [0.1, 0.15) is 17.8 Å². The number of ether oxygens (including phenoxy) is 2. The molecular formula is C26H29FO4. The van der Waals surface area contributed by atoms with Gasteiger partial charge >= 0.3 is 5.63 Å². The van der Waals surface area contributed by atoms with E-state index in [1.165, 1.54) is 11.1 Å². The summed E-state index contributed by atoms with van der Waals surface area (Å²) in [6.45, 7) is 5.04. The van der Waals surface area contributed by atoms with Crippen LogP contribution in [0, 0.1) is 5.82 Å². The Morgan fingerprint density at radius 2 is 1.74 bits per heavy atom. The molecule has 164 valence electrons. The van der Waals surface area contributed by atoms with Crippen LogP contribution < -0.4 is 10.4 Å². The summed E-state index contributed by atoms with van der Waals surface area (Å²) in [7, 11) is 0. The molecule has 0 spiro atoms. The predicted octanol–water partition coefficient (Wildman–Crippen LogP) is 5.64. The number of rotatable bonds is 11. The molecule has 0 saturated heterocycles. The van der Waals surface area contributed by atoms with Gasteiger partial charge in [-0.1, -0.05) is 42.5 Å². The number of benzene rings is 2. The molecule has 1 aromatic heterocycles. The van der Waals surface area contributed by atoms with Crippen LogP contribution in [-0.2, 0) is 24.0 Å². The lowest BCUT2D eigenvalue weighted by molar-refractivity contribution is 0.108. The normalized spacial score (nSPS) is 11.5. The van der Waals surface area contributed by atoms with Crippen LogP contribution in [0.1, 0.15) is 37.2 Å².